The maximum absolute atomic E-state index is 12.5. The molecule has 0 unspecified atom stereocenters. The van der Waals surface area contributed by atoms with E-state index in [0.29, 0.717) is 29.5 Å². The summed E-state index contributed by atoms with van der Waals surface area (Å²) in [4.78, 5) is 14.9. The Morgan fingerprint density at radius 2 is 2.00 bits per heavy atom. The molecule has 1 aromatic heterocycles. The second-order valence-corrected chi connectivity index (χ2v) is 6.82. The molecule has 0 bridgehead atoms. The van der Waals surface area contributed by atoms with E-state index in [2.05, 4.69) is 15.3 Å². The number of hydrogen-bond donors (Lipinski definition) is 1. The Morgan fingerprint density at radius 1 is 1.27 bits per heavy atom. The van der Waals surface area contributed by atoms with Crippen molar-refractivity contribution in [3.63, 3.8) is 0 Å². The van der Waals surface area contributed by atoms with Crippen molar-refractivity contribution >= 4 is 17.5 Å². The number of nitrogens with zero attached hydrogens (tertiary/aromatic N) is 3. The number of amides is 1. The first-order chi connectivity index (χ1) is 12.6. The lowest BCUT2D eigenvalue weighted by Crippen LogP contribution is -2.38. The van der Waals surface area contributed by atoms with Crippen LogP contribution < -0.4 is 5.32 Å². The number of ether oxygens (including phenoxy) is 1. The van der Waals surface area contributed by atoms with Crippen LogP contribution in [0.5, 0.6) is 0 Å². The summed E-state index contributed by atoms with van der Waals surface area (Å²) in [5, 5.41) is 7.78. The number of carbonyl (C=O) groups excluding carboxylic acids is 1. The molecule has 0 radical (unpaired) electrons. The van der Waals surface area contributed by atoms with Crippen LogP contribution in [0.2, 0.25) is 5.15 Å². The summed E-state index contributed by atoms with van der Waals surface area (Å²) in [5.41, 5.74) is 2.21. The minimum Gasteiger partial charge on any atom is -0.379 e. The van der Waals surface area contributed by atoms with Crippen LogP contribution in [0.25, 0.3) is 0 Å². The number of carbonyl (C=O) groups is 1. The van der Waals surface area contributed by atoms with Gasteiger partial charge >= 0.3 is 0 Å². The molecule has 0 spiro atoms. The van der Waals surface area contributed by atoms with Crippen LogP contribution in [0, 0.1) is 6.92 Å². The average molecular weight is 377 g/mol. The Balaban J connectivity index is 1.53. The first kappa shape index (κ1) is 18.9. The molecule has 1 N–H and O–H groups in total. The third kappa shape index (κ3) is 4.84. The Kier molecular flexibility index (Phi) is 6.66. The van der Waals surface area contributed by atoms with Crippen molar-refractivity contribution in [1.29, 1.82) is 0 Å². The second kappa shape index (κ2) is 9.16. The lowest BCUT2D eigenvalue weighted by Gasteiger charge is -2.26. The molecule has 1 amide bonds. The highest BCUT2D eigenvalue weighted by Crippen LogP contribution is 2.20. The zero-order valence-corrected chi connectivity index (χ0v) is 15.8. The average Bonchev–Trinajstić information content (AvgIpc) is 2.94. The topological polar surface area (TPSA) is 59.4 Å². The van der Waals surface area contributed by atoms with Crippen molar-refractivity contribution in [3.8, 4) is 0 Å². The standard InChI is InChI=1S/C19H25ClN4O2/c1-15-17(18(20)24(22-15)14-16-6-3-2-4-7-16)19(25)21-8-5-9-23-10-12-26-13-11-23/h2-4,6-7H,5,8-14H2,1H3,(H,21,25). The van der Waals surface area contributed by atoms with Crippen molar-refractivity contribution in [2.24, 2.45) is 0 Å². The van der Waals surface area contributed by atoms with Gasteiger partial charge in [-0.15, -0.1) is 0 Å². The number of halogens is 1. The second-order valence-electron chi connectivity index (χ2n) is 6.46. The Hall–Kier alpha value is -1.89. The first-order valence-electron chi connectivity index (χ1n) is 9.00. The fourth-order valence-electron chi connectivity index (χ4n) is 3.09. The molecule has 26 heavy (non-hydrogen) atoms. The molecule has 2 aromatic rings. The van der Waals surface area contributed by atoms with E-state index in [0.717, 1.165) is 44.8 Å². The van der Waals surface area contributed by atoms with Gasteiger partial charge in [-0.2, -0.15) is 5.10 Å². The van der Waals surface area contributed by atoms with Gasteiger partial charge in [0.15, 0.2) is 0 Å². The number of hydrogen-bond acceptors (Lipinski definition) is 4. The number of aromatic nitrogens is 2. The molecular formula is C19H25ClN4O2. The SMILES string of the molecule is Cc1nn(Cc2ccccc2)c(Cl)c1C(=O)NCCCN1CCOCC1. The number of morpholine rings is 1. The van der Waals surface area contributed by atoms with E-state index in [9.17, 15) is 4.79 Å². The number of aryl methyl sites for hydroxylation is 1. The van der Waals surface area contributed by atoms with Crippen molar-refractivity contribution in [2.45, 2.75) is 19.9 Å². The van der Waals surface area contributed by atoms with Gasteiger partial charge < -0.3 is 10.1 Å². The summed E-state index contributed by atoms with van der Waals surface area (Å²) in [7, 11) is 0. The summed E-state index contributed by atoms with van der Waals surface area (Å²) >= 11 is 6.43. The monoisotopic (exact) mass is 376 g/mol. The number of benzene rings is 1. The molecule has 140 valence electrons. The number of nitrogens with one attached hydrogen (secondary N) is 1. The Bertz CT molecular complexity index is 727. The summed E-state index contributed by atoms with van der Waals surface area (Å²) in [6, 6.07) is 9.94. The molecule has 1 fully saturated rings. The molecule has 1 aliphatic heterocycles. The molecule has 2 heterocycles. The zero-order valence-electron chi connectivity index (χ0n) is 15.1. The molecular weight excluding hydrogens is 352 g/mol. The van der Waals surface area contributed by atoms with Crippen molar-refractivity contribution in [2.75, 3.05) is 39.4 Å². The van der Waals surface area contributed by atoms with Crippen LogP contribution in [0.4, 0.5) is 0 Å². The van der Waals surface area contributed by atoms with Crippen molar-refractivity contribution < 1.29 is 9.53 Å². The van der Waals surface area contributed by atoms with Crippen molar-refractivity contribution in [3.05, 3.63) is 52.3 Å². The summed E-state index contributed by atoms with van der Waals surface area (Å²) < 4.78 is 7.01. The molecule has 6 nitrogen and oxygen atoms in total. The van der Waals surface area contributed by atoms with Gasteiger partial charge in [0, 0.05) is 19.6 Å². The van der Waals surface area contributed by atoms with Crippen LogP contribution in [0.1, 0.15) is 28.0 Å². The Morgan fingerprint density at radius 3 is 2.73 bits per heavy atom. The molecule has 1 aliphatic rings. The highest BCUT2D eigenvalue weighted by Gasteiger charge is 2.20. The largest absolute Gasteiger partial charge is 0.379 e. The van der Waals surface area contributed by atoms with E-state index in [1.165, 1.54) is 0 Å². The van der Waals surface area contributed by atoms with Crippen LogP contribution >= 0.6 is 11.6 Å². The molecule has 7 heteroatoms. The normalized spacial score (nSPS) is 15.2. The fraction of sp³-hybridized carbons (Fsp3) is 0.474. The van der Waals surface area contributed by atoms with E-state index in [1.807, 2.05) is 37.3 Å². The highest BCUT2D eigenvalue weighted by atomic mass is 35.5. The minimum absolute atomic E-state index is 0.159. The van der Waals surface area contributed by atoms with Crippen LogP contribution in [0.3, 0.4) is 0 Å². The van der Waals surface area contributed by atoms with Gasteiger partial charge in [0.25, 0.3) is 5.91 Å². The molecule has 1 aromatic carbocycles. The van der Waals surface area contributed by atoms with Gasteiger partial charge in [-0.25, -0.2) is 4.68 Å². The fourth-order valence-corrected chi connectivity index (χ4v) is 3.41. The molecule has 0 saturated carbocycles. The van der Waals surface area contributed by atoms with Crippen LogP contribution in [-0.4, -0.2) is 60.0 Å². The van der Waals surface area contributed by atoms with Gasteiger partial charge in [-0.1, -0.05) is 41.9 Å². The third-order valence-corrected chi connectivity index (χ3v) is 4.89. The summed E-state index contributed by atoms with van der Waals surface area (Å²) in [6.45, 7) is 7.46. The lowest BCUT2D eigenvalue weighted by molar-refractivity contribution is 0.0374. The maximum atomic E-state index is 12.5. The summed E-state index contributed by atoms with van der Waals surface area (Å²) in [6.07, 6.45) is 0.903. The predicted molar refractivity (Wildman–Crippen MR) is 102 cm³/mol. The first-order valence-corrected chi connectivity index (χ1v) is 9.38. The van der Waals surface area contributed by atoms with E-state index < -0.39 is 0 Å². The summed E-state index contributed by atoms with van der Waals surface area (Å²) in [5.74, 6) is -0.159. The minimum atomic E-state index is -0.159. The maximum Gasteiger partial charge on any atom is 0.256 e. The van der Waals surface area contributed by atoms with E-state index in [-0.39, 0.29) is 5.91 Å². The van der Waals surface area contributed by atoms with Crippen LogP contribution in [-0.2, 0) is 11.3 Å². The van der Waals surface area contributed by atoms with Gasteiger partial charge in [-0.3, -0.25) is 9.69 Å². The molecule has 0 aliphatic carbocycles. The molecule has 0 atom stereocenters. The van der Waals surface area contributed by atoms with Gasteiger partial charge in [0.05, 0.1) is 31.0 Å². The van der Waals surface area contributed by atoms with Crippen LogP contribution in [0.15, 0.2) is 30.3 Å². The molecule has 1 saturated heterocycles. The van der Waals surface area contributed by atoms with E-state index in [4.69, 9.17) is 16.3 Å². The quantitative estimate of drug-likeness (QED) is 0.753. The van der Waals surface area contributed by atoms with E-state index >= 15 is 0 Å². The Labute approximate surface area is 159 Å². The highest BCUT2D eigenvalue weighted by molar-refractivity contribution is 6.33. The predicted octanol–water partition coefficient (Wildman–Crippen LogP) is 2.35. The smallest absolute Gasteiger partial charge is 0.256 e. The zero-order chi connectivity index (χ0) is 18.4. The van der Waals surface area contributed by atoms with Gasteiger partial charge in [0.2, 0.25) is 0 Å². The molecule has 3 rings (SSSR count). The third-order valence-electron chi connectivity index (χ3n) is 4.51. The number of rotatable bonds is 7. The van der Waals surface area contributed by atoms with E-state index in [1.54, 1.807) is 4.68 Å². The van der Waals surface area contributed by atoms with Crippen molar-refractivity contribution in [1.82, 2.24) is 20.0 Å². The van der Waals surface area contributed by atoms with Gasteiger partial charge in [0.1, 0.15) is 5.15 Å². The lowest BCUT2D eigenvalue weighted by atomic mass is 10.2. The van der Waals surface area contributed by atoms with Gasteiger partial charge in [-0.05, 0) is 25.5 Å².